The number of nitrogens with one attached hydrogen (secondary N) is 1. The average Bonchev–Trinajstić information content (AvgIpc) is 2.35. The molecule has 0 aromatic heterocycles. The zero-order valence-electron chi connectivity index (χ0n) is 10.0. The molecule has 0 spiro atoms. The molecule has 3 N–H and O–H groups in total. The standard InChI is InChI=1S/C13H16BrClN2O/c14-10-5-4-9(15)8-11(10)17-12(18)13(16)6-2-1-3-7-13/h4-5,8H,1-3,6-7,16H2,(H,17,18). The van der Waals surface area contributed by atoms with Crippen LogP contribution in [0.4, 0.5) is 5.69 Å². The Morgan fingerprint density at radius 2 is 2.00 bits per heavy atom. The molecule has 98 valence electrons. The van der Waals surface area contributed by atoms with Crippen molar-refractivity contribution in [2.24, 2.45) is 5.73 Å². The maximum atomic E-state index is 12.3. The van der Waals surface area contributed by atoms with Gasteiger partial charge in [-0.05, 0) is 47.0 Å². The molecular weight excluding hydrogens is 316 g/mol. The fourth-order valence-corrected chi connectivity index (χ4v) is 2.77. The van der Waals surface area contributed by atoms with Crippen LogP contribution in [0.3, 0.4) is 0 Å². The number of carbonyl (C=O) groups is 1. The van der Waals surface area contributed by atoms with E-state index in [2.05, 4.69) is 21.2 Å². The van der Waals surface area contributed by atoms with Gasteiger partial charge in [0.15, 0.2) is 0 Å². The summed E-state index contributed by atoms with van der Waals surface area (Å²) in [5, 5.41) is 3.45. The third-order valence-electron chi connectivity index (χ3n) is 3.37. The molecule has 0 heterocycles. The van der Waals surface area contributed by atoms with Crippen LogP contribution >= 0.6 is 27.5 Å². The molecule has 1 aliphatic carbocycles. The molecule has 1 saturated carbocycles. The predicted molar refractivity (Wildman–Crippen MR) is 77.8 cm³/mol. The maximum Gasteiger partial charge on any atom is 0.244 e. The van der Waals surface area contributed by atoms with Crippen molar-refractivity contribution in [2.45, 2.75) is 37.6 Å². The smallest absolute Gasteiger partial charge is 0.244 e. The zero-order chi connectivity index (χ0) is 13.2. The Morgan fingerprint density at radius 1 is 1.33 bits per heavy atom. The third kappa shape index (κ3) is 3.05. The molecule has 1 fully saturated rings. The molecule has 2 rings (SSSR count). The molecule has 1 amide bonds. The van der Waals surface area contributed by atoms with Crippen molar-refractivity contribution < 1.29 is 4.79 Å². The molecule has 0 saturated heterocycles. The van der Waals surface area contributed by atoms with E-state index in [0.29, 0.717) is 10.7 Å². The Morgan fingerprint density at radius 3 is 2.67 bits per heavy atom. The van der Waals surface area contributed by atoms with Crippen molar-refractivity contribution in [3.05, 3.63) is 27.7 Å². The fourth-order valence-electron chi connectivity index (χ4n) is 2.25. The first-order chi connectivity index (χ1) is 8.51. The van der Waals surface area contributed by atoms with Gasteiger partial charge in [-0.25, -0.2) is 0 Å². The van der Waals surface area contributed by atoms with E-state index in [1.807, 2.05) is 6.07 Å². The highest BCUT2D eigenvalue weighted by atomic mass is 79.9. The van der Waals surface area contributed by atoms with Gasteiger partial charge in [-0.1, -0.05) is 30.9 Å². The van der Waals surface area contributed by atoms with Gasteiger partial charge >= 0.3 is 0 Å². The normalized spacial score (nSPS) is 18.4. The molecule has 1 aromatic rings. The minimum Gasteiger partial charge on any atom is -0.323 e. The van der Waals surface area contributed by atoms with Crippen molar-refractivity contribution >= 4 is 39.1 Å². The summed E-state index contributed by atoms with van der Waals surface area (Å²) in [6.45, 7) is 0. The second-order valence-corrected chi connectivity index (χ2v) is 6.09. The quantitative estimate of drug-likeness (QED) is 0.868. The highest BCUT2D eigenvalue weighted by Crippen LogP contribution is 2.30. The summed E-state index contributed by atoms with van der Waals surface area (Å²) in [5.41, 5.74) is 6.11. The van der Waals surface area contributed by atoms with Crippen LogP contribution in [0.5, 0.6) is 0 Å². The van der Waals surface area contributed by atoms with Crippen LogP contribution < -0.4 is 11.1 Å². The highest BCUT2D eigenvalue weighted by Gasteiger charge is 2.35. The summed E-state index contributed by atoms with van der Waals surface area (Å²) in [5.74, 6) is -0.120. The van der Waals surface area contributed by atoms with E-state index in [1.54, 1.807) is 12.1 Å². The number of nitrogens with two attached hydrogens (primary N) is 1. The first-order valence-corrected chi connectivity index (χ1v) is 7.24. The molecule has 5 heteroatoms. The predicted octanol–water partition coefficient (Wildman–Crippen LogP) is 3.70. The number of hydrogen-bond donors (Lipinski definition) is 2. The zero-order valence-corrected chi connectivity index (χ0v) is 12.4. The molecular formula is C13H16BrClN2O. The van der Waals surface area contributed by atoms with Crippen molar-refractivity contribution in [1.82, 2.24) is 0 Å². The molecule has 3 nitrogen and oxygen atoms in total. The van der Waals surface area contributed by atoms with Gasteiger partial charge in [0.05, 0.1) is 11.2 Å². The van der Waals surface area contributed by atoms with Crippen LogP contribution in [0.25, 0.3) is 0 Å². The lowest BCUT2D eigenvalue weighted by Crippen LogP contribution is -2.52. The lowest BCUT2D eigenvalue weighted by atomic mass is 9.82. The number of carbonyl (C=O) groups excluding carboxylic acids is 1. The van der Waals surface area contributed by atoms with Gasteiger partial charge in [0.2, 0.25) is 5.91 Å². The van der Waals surface area contributed by atoms with Gasteiger partial charge in [0.25, 0.3) is 0 Å². The first kappa shape index (κ1) is 13.8. The van der Waals surface area contributed by atoms with Gasteiger partial charge in [0.1, 0.15) is 0 Å². The fraction of sp³-hybridized carbons (Fsp3) is 0.462. The lowest BCUT2D eigenvalue weighted by Gasteiger charge is -2.31. The highest BCUT2D eigenvalue weighted by molar-refractivity contribution is 9.10. The Kier molecular flexibility index (Phi) is 4.30. The minimum absolute atomic E-state index is 0.120. The van der Waals surface area contributed by atoms with E-state index in [1.165, 1.54) is 0 Å². The van der Waals surface area contributed by atoms with Gasteiger partial charge in [-0.3, -0.25) is 4.79 Å². The Hall–Kier alpha value is -0.580. The van der Waals surface area contributed by atoms with Gasteiger partial charge < -0.3 is 11.1 Å². The minimum atomic E-state index is -0.736. The monoisotopic (exact) mass is 330 g/mol. The lowest BCUT2D eigenvalue weighted by molar-refractivity contribution is -0.122. The summed E-state index contributed by atoms with van der Waals surface area (Å²) < 4.78 is 0.805. The van der Waals surface area contributed by atoms with Gasteiger partial charge in [-0.15, -0.1) is 0 Å². The van der Waals surface area contributed by atoms with Crippen molar-refractivity contribution in [1.29, 1.82) is 0 Å². The van der Waals surface area contributed by atoms with E-state index >= 15 is 0 Å². The molecule has 0 aliphatic heterocycles. The number of rotatable bonds is 2. The molecule has 0 unspecified atom stereocenters. The van der Waals surface area contributed by atoms with Crippen LogP contribution in [0.15, 0.2) is 22.7 Å². The number of amides is 1. The number of hydrogen-bond acceptors (Lipinski definition) is 2. The second kappa shape index (κ2) is 5.59. The molecule has 0 atom stereocenters. The van der Waals surface area contributed by atoms with E-state index < -0.39 is 5.54 Å². The summed E-state index contributed by atoms with van der Waals surface area (Å²) >= 11 is 9.30. The van der Waals surface area contributed by atoms with E-state index in [9.17, 15) is 4.79 Å². The molecule has 1 aromatic carbocycles. The topological polar surface area (TPSA) is 55.1 Å². The first-order valence-electron chi connectivity index (χ1n) is 6.07. The average molecular weight is 332 g/mol. The Labute approximate surface area is 120 Å². The number of anilines is 1. The van der Waals surface area contributed by atoms with Gasteiger partial charge in [-0.2, -0.15) is 0 Å². The second-order valence-electron chi connectivity index (χ2n) is 4.80. The van der Waals surface area contributed by atoms with Crippen molar-refractivity contribution in [3.8, 4) is 0 Å². The van der Waals surface area contributed by atoms with Crippen LogP contribution in [-0.4, -0.2) is 11.4 Å². The van der Waals surface area contributed by atoms with Crippen molar-refractivity contribution in [2.75, 3.05) is 5.32 Å². The summed E-state index contributed by atoms with van der Waals surface area (Å²) in [7, 11) is 0. The molecule has 18 heavy (non-hydrogen) atoms. The van der Waals surface area contributed by atoms with E-state index in [-0.39, 0.29) is 5.91 Å². The van der Waals surface area contributed by atoms with Crippen molar-refractivity contribution in [3.63, 3.8) is 0 Å². The Balaban J connectivity index is 2.13. The molecule has 0 radical (unpaired) electrons. The summed E-state index contributed by atoms with van der Waals surface area (Å²) in [6.07, 6.45) is 4.68. The maximum absolute atomic E-state index is 12.3. The molecule has 0 bridgehead atoms. The summed E-state index contributed by atoms with van der Waals surface area (Å²) in [6, 6.07) is 5.29. The van der Waals surface area contributed by atoms with Crippen LogP contribution in [0.2, 0.25) is 5.02 Å². The molecule has 1 aliphatic rings. The largest absolute Gasteiger partial charge is 0.323 e. The van der Waals surface area contributed by atoms with Crippen LogP contribution in [-0.2, 0) is 4.79 Å². The number of halogens is 2. The number of benzene rings is 1. The van der Waals surface area contributed by atoms with Crippen LogP contribution in [0.1, 0.15) is 32.1 Å². The van der Waals surface area contributed by atoms with Crippen LogP contribution in [0, 0.1) is 0 Å². The summed E-state index contributed by atoms with van der Waals surface area (Å²) in [4.78, 5) is 12.3. The SMILES string of the molecule is NC1(C(=O)Nc2cc(Cl)ccc2Br)CCCCC1. The third-order valence-corrected chi connectivity index (χ3v) is 4.30. The van der Waals surface area contributed by atoms with E-state index in [0.717, 1.165) is 36.6 Å². The Bertz CT molecular complexity index is 458. The van der Waals surface area contributed by atoms with Gasteiger partial charge in [0, 0.05) is 9.50 Å². The van der Waals surface area contributed by atoms with E-state index in [4.69, 9.17) is 17.3 Å².